The summed E-state index contributed by atoms with van der Waals surface area (Å²) in [6.45, 7) is 4.03. The van der Waals surface area contributed by atoms with Gasteiger partial charge in [0.1, 0.15) is 13.2 Å². The third kappa shape index (κ3) is 8.46. The van der Waals surface area contributed by atoms with Crippen LogP contribution in [-0.4, -0.2) is 47.7 Å². The molecule has 3 amide bonds. The van der Waals surface area contributed by atoms with Crippen LogP contribution in [0.15, 0.2) is 59.5 Å². The van der Waals surface area contributed by atoms with E-state index in [1.165, 1.54) is 18.2 Å². The molecule has 9 nitrogen and oxygen atoms in total. The van der Waals surface area contributed by atoms with E-state index in [1.807, 2.05) is 32.0 Å². The summed E-state index contributed by atoms with van der Waals surface area (Å²) in [5.74, 6) is -0.860. The molecule has 1 aliphatic heterocycles. The van der Waals surface area contributed by atoms with Gasteiger partial charge in [-0.25, -0.2) is 4.79 Å². The Morgan fingerprint density at radius 2 is 1.80 bits per heavy atom. The van der Waals surface area contributed by atoms with E-state index in [-0.39, 0.29) is 34.4 Å². The van der Waals surface area contributed by atoms with E-state index in [0.717, 1.165) is 25.8 Å². The summed E-state index contributed by atoms with van der Waals surface area (Å²) in [5.41, 5.74) is 1.79. The van der Waals surface area contributed by atoms with Crippen LogP contribution in [-0.2, 0) is 20.9 Å². The molecule has 0 unspecified atom stereocenters. The third-order valence-corrected chi connectivity index (χ3v) is 8.45. The number of carbonyl (C=O) groups is 4. The van der Waals surface area contributed by atoms with Crippen molar-refractivity contribution in [3.63, 3.8) is 0 Å². The number of esters is 1. The summed E-state index contributed by atoms with van der Waals surface area (Å²) >= 11 is 15.2. The molecule has 0 radical (unpaired) electrons. The first kappa shape index (κ1) is 33.6. The van der Waals surface area contributed by atoms with Crippen LogP contribution in [0.3, 0.4) is 0 Å². The van der Waals surface area contributed by atoms with Crippen molar-refractivity contribution in [3.05, 3.63) is 89.8 Å². The Labute approximate surface area is 282 Å². The second-order valence-electron chi connectivity index (χ2n) is 9.29. The van der Waals surface area contributed by atoms with E-state index < -0.39 is 29.6 Å². The highest BCUT2D eigenvalue weighted by Gasteiger charge is 2.36. The average Bonchev–Trinajstić information content (AvgIpc) is 3.24. The largest absolute Gasteiger partial charge is 0.490 e. The van der Waals surface area contributed by atoms with Crippen LogP contribution in [0.5, 0.6) is 11.5 Å². The molecule has 44 heavy (non-hydrogen) atoms. The number of carbonyl (C=O) groups excluding carboxylic acids is 4. The van der Waals surface area contributed by atoms with Gasteiger partial charge in [0.2, 0.25) is 5.91 Å². The molecule has 0 atom stereocenters. The zero-order chi connectivity index (χ0) is 31.8. The van der Waals surface area contributed by atoms with Gasteiger partial charge in [-0.1, -0.05) is 48.3 Å². The lowest BCUT2D eigenvalue weighted by atomic mass is 10.1. The maximum atomic E-state index is 13.1. The van der Waals surface area contributed by atoms with Gasteiger partial charge in [0.05, 0.1) is 32.3 Å². The third-order valence-electron chi connectivity index (χ3n) is 6.04. The smallest absolute Gasteiger partial charge is 0.339 e. The highest BCUT2D eigenvalue weighted by atomic mass is 127. The van der Waals surface area contributed by atoms with Gasteiger partial charge in [-0.05, 0) is 95.7 Å². The number of nitrogens with zero attached hydrogens (tertiary/aromatic N) is 1. The Kier molecular flexibility index (Phi) is 12.0. The normalized spacial score (nSPS) is 13.8. The van der Waals surface area contributed by atoms with Crippen molar-refractivity contribution < 1.29 is 33.4 Å². The van der Waals surface area contributed by atoms with E-state index in [9.17, 15) is 19.2 Å². The maximum absolute atomic E-state index is 13.1. The molecule has 3 aromatic rings. The topological polar surface area (TPSA) is 111 Å². The molecule has 0 bridgehead atoms. The summed E-state index contributed by atoms with van der Waals surface area (Å²) in [7, 11) is 0. The number of benzene rings is 3. The molecule has 4 rings (SSSR count). The molecule has 1 heterocycles. The Hall–Kier alpha value is -3.26. The molecular formula is C31H27Cl2IN2O7S. The second-order valence-corrected chi connectivity index (χ2v) is 12.3. The summed E-state index contributed by atoms with van der Waals surface area (Å²) in [5, 5.41) is 2.77. The predicted octanol–water partition coefficient (Wildman–Crippen LogP) is 7.82. The minimum Gasteiger partial charge on any atom is -0.490 e. The van der Waals surface area contributed by atoms with E-state index in [1.54, 1.807) is 24.3 Å². The van der Waals surface area contributed by atoms with Crippen LogP contribution in [0, 0.1) is 3.57 Å². The molecule has 3 aromatic carbocycles. The second kappa shape index (κ2) is 15.6. The summed E-state index contributed by atoms with van der Waals surface area (Å²) < 4.78 is 17.7. The van der Waals surface area contributed by atoms with Crippen molar-refractivity contribution in [3.8, 4) is 11.5 Å². The number of rotatable bonds is 12. The minimum atomic E-state index is -0.628. The Morgan fingerprint density at radius 3 is 2.52 bits per heavy atom. The SMILES string of the molecule is CCCOC(=O)c1cc(NC(=O)CN2C(=O)S/C(=C/c3cc(I)c(OCc4ccccc4Cl)c(OCC)c3)C2=O)ccc1Cl. The number of hydrogen-bond donors (Lipinski definition) is 1. The zero-order valence-corrected chi connectivity index (χ0v) is 28.1. The van der Waals surface area contributed by atoms with Crippen LogP contribution in [0.1, 0.15) is 41.8 Å². The maximum Gasteiger partial charge on any atom is 0.339 e. The molecule has 1 fully saturated rings. The van der Waals surface area contributed by atoms with Crippen molar-refractivity contribution in [2.24, 2.45) is 0 Å². The van der Waals surface area contributed by atoms with Crippen LogP contribution >= 0.6 is 57.6 Å². The number of nitrogens with one attached hydrogen (secondary N) is 1. The molecule has 0 aliphatic carbocycles. The van der Waals surface area contributed by atoms with Gasteiger partial charge < -0.3 is 19.5 Å². The number of anilines is 1. The van der Waals surface area contributed by atoms with Gasteiger partial charge in [-0.3, -0.25) is 19.3 Å². The standard InChI is InChI=1S/C31H27Cl2IN2O7S/c1-3-11-42-30(39)21-15-20(9-10-23(21)33)35-27(37)16-36-29(38)26(44-31(36)40)14-18-12-24(34)28(25(13-18)41-4-2)43-17-19-7-5-6-8-22(19)32/h5-10,12-15H,3-4,11,16-17H2,1-2H3,(H,35,37)/b26-14+. The Bertz CT molecular complexity index is 1630. The van der Waals surface area contributed by atoms with Gasteiger partial charge >= 0.3 is 5.97 Å². The van der Waals surface area contributed by atoms with Crippen molar-refractivity contribution in [2.75, 3.05) is 25.1 Å². The van der Waals surface area contributed by atoms with E-state index >= 15 is 0 Å². The Morgan fingerprint density at radius 1 is 1.02 bits per heavy atom. The number of ether oxygens (including phenoxy) is 3. The first-order valence-corrected chi connectivity index (χ1v) is 16.1. The summed E-state index contributed by atoms with van der Waals surface area (Å²) in [4.78, 5) is 51.9. The summed E-state index contributed by atoms with van der Waals surface area (Å²) in [6, 6.07) is 15.2. The number of thioether (sulfide) groups is 1. The predicted molar refractivity (Wildman–Crippen MR) is 179 cm³/mol. The lowest BCUT2D eigenvalue weighted by Gasteiger charge is -2.15. The van der Waals surface area contributed by atoms with Gasteiger partial charge in [-0.2, -0.15) is 0 Å². The lowest BCUT2D eigenvalue weighted by Crippen LogP contribution is -2.36. The Balaban J connectivity index is 1.46. The van der Waals surface area contributed by atoms with E-state index in [4.69, 9.17) is 37.4 Å². The van der Waals surface area contributed by atoms with Gasteiger partial charge in [0, 0.05) is 16.3 Å². The molecule has 1 saturated heterocycles. The lowest BCUT2D eigenvalue weighted by molar-refractivity contribution is -0.127. The van der Waals surface area contributed by atoms with Crippen molar-refractivity contribution in [1.82, 2.24) is 4.90 Å². The van der Waals surface area contributed by atoms with Crippen LogP contribution in [0.2, 0.25) is 10.0 Å². The van der Waals surface area contributed by atoms with Crippen LogP contribution < -0.4 is 14.8 Å². The molecular weight excluding hydrogens is 742 g/mol. The fourth-order valence-electron chi connectivity index (χ4n) is 4.00. The number of amides is 3. The first-order valence-electron chi connectivity index (χ1n) is 13.5. The van der Waals surface area contributed by atoms with Crippen molar-refractivity contribution in [2.45, 2.75) is 26.9 Å². The van der Waals surface area contributed by atoms with Crippen molar-refractivity contribution in [1.29, 1.82) is 0 Å². The van der Waals surface area contributed by atoms with Gasteiger partial charge in [0.25, 0.3) is 11.1 Å². The quantitative estimate of drug-likeness (QED) is 0.113. The average molecular weight is 769 g/mol. The monoisotopic (exact) mass is 768 g/mol. The number of imide groups is 1. The highest BCUT2D eigenvalue weighted by molar-refractivity contribution is 14.1. The molecule has 13 heteroatoms. The fourth-order valence-corrected chi connectivity index (χ4v) is 6.01. The van der Waals surface area contributed by atoms with E-state index in [2.05, 4.69) is 27.9 Å². The van der Waals surface area contributed by atoms with Gasteiger partial charge in [-0.15, -0.1) is 0 Å². The number of halogens is 3. The van der Waals surface area contributed by atoms with Crippen LogP contribution in [0.25, 0.3) is 6.08 Å². The molecule has 1 aliphatic rings. The zero-order valence-electron chi connectivity index (χ0n) is 23.7. The fraction of sp³-hybridized carbons (Fsp3) is 0.226. The minimum absolute atomic E-state index is 0.0911. The summed E-state index contributed by atoms with van der Waals surface area (Å²) in [6.07, 6.45) is 2.21. The molecule has 1 N–H and O–H groups in total. The van der Waals surface area contributed by atoms with Gasteiger partial charge in [0.15, 0.2) is 11.5 Å². The molecule has 0 saturated carbocycles. The van der Waals surface area contributed by atoms with Crippen LogP contribution in [0.4, 0.5) is 10.5 Å². The van der Waals surface area contributed by atoms with Crippen molar-refractivity contribution >= 4 is 92.3 Å². The van der Waals surface area contributed by atoms with E-state index in [0.29, 0.717) is 35.1 Å². The highest BCUT2D eigenvalue weighted by Crippen LogP contribution is 2.38. The molecule has 0 aromatic heterocycles. The molecule has 0 spiro atoms. The first-order chi connectivity index (χ1) is 21.1. The number of hydrogen-bond acceptors (Lipinski definition) is 8. The molecule has 230 valence electrons.